The van der Waals surface area contributed by atoms with Crippen molar-refractivity contribution in [1.29, 1.82) is 0 Å². The largest absolute Gasteiger partial charge is 0.473 e. The van der Waals surface area contributed by atoms with Crippen LogP contribution in [0, 0.1) is 6.07 Å². The Morgan fingerprint density at radius 2 is 1.67 bits per heavy atom. The van der Waals surface area contributed by atoms with Crippen molar-refractivity contribution in [3.63, 3.8) is 0 Å². The highest BCUT2D eigenvalue weighted by molar-refractivity contribution is 5.34. The van der Waals surface area contributed by atoms with E-state index in [0.29, 0.717) is 6.47 Å². The Balaban J connectivity index is 0.000000187. The second-order valence-electron chi connectivity index (χ2n) is 1.17. The monoisotopic (exact) mass is 122 g/mol. The summed E-state index contributed by atoms with van der Waals surface area (Å²) < 4.78 is 0. The summed E-state index contributed by atoms with van der Waals surface area (Å²) in [4.78, 5) is 8.24. The molecular formula is C7H6O2. The molecule has 46 valence electrons. The lowest BCUT2D eigenvalue weighted by molar-refractivity contribution is 0.437. The molecule has 0 heterocycles. The summed E-state index contributed by atoms with van der Waals surface area (Å²) in [5, 5.41) is 6.76. The van der Waals surface area contributed by atoms with Crippen LogP contribution in [0.2, 0.25) is 0 Å². The zero-order valence-electron chi connectivity index (χ0n) is 4.74. The van der Waals surface area contributed by atoms with E-state index >= 15 is 0 Å². The SMILES string of the molecule is O=[C]O.[c]1ccccc1. The first-order valence-electron chi connectivity index (χ1n) is 2.34. The molecule has 0 saturated carbocycles. The molecule has 0 aromatic heterocycles. The molecule has 1 aromatic carbocycles. The third-order valence-corrected chi connectivity index (χ3v) is 0.607. The van der Waals surface area contributed by atoms with E-state index < -0.39 is 0 Å². The summed E-state index contributed by atoms with van der Waals surface area (Å²) in [6.07, 6.45) is 0. The van der Waals surface area contributed by atoms with E-state index in [1.54, 1.807) is 0 Å². The third kappa shape index (κ3) is 6.69. The number of rotatable bonds is 0. The van der Waals surface area contributed by atoms with Crippen molar-refractivity contribution in [2.45, 2.75) is 0 Å². The van der Waals surface area contributed by atoms with Crippen molar-refractivity contribution in [2.75, 3.05) is 0 Å². The first kappa shape index (κ1) is 7.69. The lowest BCUT2D eigenvalue weighted by Crippen LogP contribution is -1.49. The van der Waals surface area contributed by atoms with E-state index in [2.05, 4.69) is 6.07 Å². The minimum Gasteiger partial charge on any atom is -0.473 e. The van der Waals surface area contributed by atoms with Gasteiger partial charge < -0.3 is 5.11 Å². The molecule has 2 nitrogen and oxygen atoms in total. The summed E-state index contributed by atoms with van der Waals surface area (Å²) in [6.45, 7) is 0.500. The van der Waals surface area contributed by atoms with Crippen molar-refractivity contribution >= 4 is 6.47 Å². The Morgan fingerprint density at radius 1 is 1.22 bits per heavy atom. The van der Waals surface area contributed by atoms with Gasteiger partial charge in [-0.15, -0.1) is 0 Å². The number of hydrogen-bond donors (Lipinski definition) is 1. The normalized spacial score (nSPS) is 6.67. The highest BCUT2D eigenvalue weighted by Gasteiger charge is 1.58. The van der Waals surface area contributed by atoms with Gasteiger partial charge in [-0.2, -0.15) is 0 Å². The summed E-state index contributed by atoms with van der Waals surface area (Å²) in [5.41, 5.74) is 0. The predicted octanol–water partition coefficient (Wildman–Crippen LogP) is 1.10. The standard InChI is InChI=1S/C6H5.CHO2/c1-2-4-6-5-3-1;2-1-3/h1-5H;(H,2,3). The van der Waals surface area contributed by atoms with Gasteiger partial charge in [0.25, 0.3) is 0 Å². The van der Waals surface area contributed by atoms with Crippen LogP contribution in [0.4, 0.5) is 0 Å². The van der Waals surface area contributed by atoms with E-state index in [4.69, 9.17) is 9.90 Å². The van der Waals surface area contributed by atoms with Crippen LogP contribution in [0.15, 0.2) is 30.3 Å². The first-order chi connectivity index (χ1) is 4.41. The molecule has 0 atom stereocenters. The van der Waals surface area contributed by atoms with Gasteiger partial charge >= 0.3 is 6.47 Å². The molecule has 0 aliphatic rings. The molecule has 0 fully saturated rings. The third-order valence-electron chi connectivity index (χ3n) is 0.607. The van der Waals surface area contributed by atoms with Crippen LogP contribution >= 0.6 is 0 Å². The molecule has 1 aromatic rings. The predicted molar refractivity (Wildman–Crippen MR) is 33.6 cm³/mol. The van der Waals surface area contributed by atoms with Crippen molar-refractivity contribution < 1.29 is 9.90 Å². The topological polar surface area (TPSA) is 37.3 Å². The number of hydrogen-bond acceptors (Lipinski definition) is 1. The van der Waals surface area contributed by atoms with Crippen molar-refractivity contribution in [1.82, 2.24) is 0 Å². The van der Waals surface area contributed by atoms with Crippen LogP contribution in [-0.2, 0) is 4.79 Å². The molecule has 1 N–H and O–H groups in total. The van der Waals surface area contributed by atoms with Gasteiger partial charge in [-0.25, -0.2) is 4.79 Å². The van der Waals surface area contributed by atoms with Crippen LogP contribution in [0.5, 0.6) is 0 Å². The molecule has 0 unspecified atom stereocenters. The second kappa shape index (κ2) is 6.69. The Morgan fingerprint density at radius 3 is 1.78 bits per heavy atom. The van der Waals surface area contributed by atoms with Gasteiger partial charge in [-0.3, -0.25) is 0 Å². The Labute approximate surface area is 53.8 Å². The highest BCUT2D eigenvalue weighted by Crippen LogP contribution is 1.78. The average Bonchev–Trinajstić information content (AvgIpc) is 1.93. The van der Waals surface area contributed by atoms with Gasteiger partial charge in [0.2, 0.25) is 0 Å². The molecule has 2 radical (unpaired) electrons. The second-order valence-corrected chi connectivity index (χ2v) is 1.17. The van der Waals surface area contributed by atoms with E-state index in [-0.39, 0.29) is 0 Å². The van der Waals surface area contributed by atoms with Crippen molar-refractivity contribution in [3.05, 3.63) is 36.4 Å². The fourth-order valence-electron chi connectivity index (χ4n) is 0.342. The molecule has 0 spiro atoms. The van der Waals surface area contributed by atoms with Crippen molar-refractivity contribution in [2.24, 2.45) is 0 Å². The molecule has 0 saturated heterocycles. The lowest BCUT2D eigenvalue weighted by Gasteiger charge is -1.68. The number of aliphatic hydroxyl groups excluding tert-OH is 1. The van der Waals surface area contributed by atoms with Crippen molar-refractivity contribution in [3.8, 4) is 0 Å². The van der Waals surface area contributed by atoms with E-state index in [1.807, 2.05) is 30.3 Å². The summed E-state index contributed by atoms with van der Waals surface area (Å²) in [6, 6.07) is 12.5. The molecule has 0 amide bonds. The Hall–Kier alpha value is -1.31. The molecule has 0 aliphatic carbocycles. The van der Waals surface area contributed by atoms with Gasteiger partial charge in [0.15, 0.2) is 0 Å². The minimum atomic E-state index is 0.500. The zero-order chi connectivity index (χ0) is 6.95. The molecular weight excluding hydrogens is 116 g/mol. The molecule has 0 aliphatic heterocycles. The van der Waals surface area contributed by atoms with Gasteiger partial charge in [-0.1, -0.05) is 30.3 Å². The van der Waals surface area contributed by atoms with Gasteiger partial charge in [0, 0.05) is 0 Å². The van der Waals surface area contributed by atoms with E-state index in [9.17, 15) is 0 Å². The zero-order valence-corrected chi connectivity index (χ0v) is 4.74. The molecule has 0 bridgehead atoms. The lowest BCUT2D eigenvalue weighted by atomic mass is 10.4. The molecule has 9 heavy (non-hydrogen) atoms. The maximum absolute atomic E-state index is 8.24. The van der Waals surface area contributed by atoms with E-state index in [0.717, 1.165) is 0 Å². The van der Waals surface area contributed by atoms with Crippen LogP contribution in [-0.4, -0.2) is 11.6 Å². The molecule has 1 rings (SSSR count). The van der Waals surface area contributed by atoms with E-state index in [1.165, 1.54) is 0 Å². The average molecular weight is 122 g/mol. The summed E-state index contributed by atoms with van der Waals surface area (Å²) in [7, 11) is 0. The Kier molecular flexibility index (Phi) is 5.72. The summed E-state index contributed by atoms with van der Waals surface area (Å²) >= 11 is 0. The van der Waals surface area contributed by atoms with Crippen LogP contribution in [0.1, 0.15) is 0 Å². The fourth-order valence-corrected chi connectivity index (χ4v) is 0.342. The van der Waals surface area contributed by atoms with Crippen LogP contribution in [0.25, 0.3) is 0 Å². The highest BCUT2D eigenvalue weighted by atomic mass is 16.3. The van der Waals surface area contributed by atoms with Gasteiger partial charge in [0.05, 0.1) is 0 Å². The Bertz CT molecular complexity index is 110. The quantitative estimate of drug-likeness (QED) is 0.559. The summed E-state index contributed by atoms with van der Waals surface area (Å²) in [5.74, 6) is 0. The van der Waals surface area contributed by atoms with Crippen LogP contribution < -0.4 is 0 Å². The fraction of sp³-hybridized carbons (Fsp3) is 0. The van der Waals surface area contributed by atoms with Gasteiger partial charge in [0.1, 0.15) is 0 Å². The number of benzene rings is 1. The first-order valence-corrected chi connectivity index (χ1v) is 2.34. The molecule has 2 heteroatoms. The minimum absolute atomic E-state index is 0.500. The van der Waals surface area contributed by atoms with Gasteiger partial charge in [-0.05, 0) is 6.07 Å². The maximum Gasteiger partial charge on any atom is 0.414 e. The smallest absolute Gasteiger partial charge is 0.414 e. The van der Waals surface area contributed by atoms with Crippen LogP contribution in [0.3, 0.4) is 0 Å². The maximum atomic E-state index is 8.24.